The van der Waals surface area contributed by atoms with E-state index in [1.54, 1.807) is 0 Å². The monoisotopic (exact) mass is 417 g/mol. The largest absolute Gasteiger partial charge is 0.393 e. The molecule has 0 spiro atoms. The highest BCUT2D eigenvalue weighted by atomic mass is 35.5. The number of anilines is 2. The number of amides is 1. The smallest absolute Gasteiger partial charge is 0.224 e. The van der Waals surface area contributed by atoms with Crippen molar-refractivity contribution in [3.8, 4) is 0 Å². The molecule has 1 amide bonds. The fraction of sp³-hybridized carbons (Fsp3) is 0.650. The van der Waals surface area contributed by atoms with E-state index in [1.807, 2.05) is 18.2 Å². The van der Waals surface area contributed by atoms with Crippen LogP contribution >= 0.6 is 24.8 Å². The van der Waals surface area contributed by atoms with Crippen molar-refractivity contribution in [2.24, 2.45) is 11.8 Å². The normalized spacial score (nSPS) is 19.6. The van der Waals surface area contributed by atoms with Gasteiger partial charge in [0, 0.05) is 19.5 Å². The lowest BCUT2D eigenvalue weighted by Crippen LogP contribution is -2.36. The van der Waals surface area contributed by atoms with Gasteiger partial charge in [-0.3, -0.25) is 4.79 Å². The van der Waals surface area contributed by atoms with Crippen LogP contribution in [0.4, 0.5) is 11.4 Å². The average molecular weight is 418 g/mol. The Morgan fingerprint density at radius 3 is 2.48 bits per heavy atom. The Hall–Kier alpha value is -1.01. The molecule has 7 heteroatoms. The highest BCUT2D eigenvalue weighted by Crippen LogP contribution is 2.29. The zero-order valence-corrected chi connectivity index (χ0v) is 17.7. The molecule has 3 N–H and O–H groups in total. The van der Waals surface area contributed by atoms with Gasteiger partial charge in [-0.1, -0.05) is 19.1 Å². The third-order valence-electron chi connectivity index (χ3n) is 5.68. The van der Waals surface area contributed by atoms with Gasteiger partial charge in [0.25, 0.3) is 0 Å². The summed E-state index contributed by atoms with van der Waals surface area (Å²) >= 11 is 0. The maximum Gasteiger partial charge on any atom is 0.224 e. The molecule has 1 aromatic carbocycles. The first-order valence-corrected chi connectivity index (χ1v) is 9.66. The van der Waals surface area contributed by atoms with Crippen LogP contribution in [0.1, 0.15) is 39.0 Å². The molecule has 5 nitrogen and oxygen atoms in total. The van der Waals surface area contributed by atoms with E-state index in [0.29, 0.717) is 18.3 Å². The summed E-state index contributed by atoms with van der Waals surface area (Å²) in [5.41, 5.74) is 1.96. The van der Waals surface area contributed by atoms with Crippen molar-refractivity contribution < 1.29 is 9.90 Å². The number of benzene rings is 1. The predicted octanol–water partition coefficient (Wildman–Crippen LogP) is 3.46. The molecule has 0 aromatic heterocycles. The number of aliphatic hydroxyl groups is 1. The van der Waals surface area contributed by atoms with Gasteiger partial charge in [0.05, 0.1) is 17.5 Å². The van der Waals surface area contributed by atoms with Crippen LogP contribution in [0.15, 0.2) is 24.3 Å². The first kappa shape index (κ1) is 24.0. The maximum absolute atomic E-state index is 12.6. The van der Waals surface area contributed by atoms with Gasteiger partial charge in [0.1, 0.15) is 0 Å². The molecule has 1 atom stereocenters. The van der Waals surface area contributed by atoms with Crippen molar-refractivity contribution in [1.29, 1.82) is 0 Å². The quantitative estimate of drug-likeness (QED) is 0.686. The summed E-state index contributed by atoms with van der Waals surface area (Å²) in [6.07, 6.45) is 4.30. The zero-order chi connectivity index (χ0) is 17.6. The lowest BCUT2D eigenvalue weighted by molar-refractivity contribution is -0.117. The Morgan fingerprint density at radius 1 is 1.19 bits per heavy atom. The Kier molecular flexibility index (Phi) is 10.5. The minimum Gasteiger partial charge on any atom is -0.393 e. The molecular weight excluding hydrogens is 385 g/mol. The van der Waals surface area contributed by atoms with E-state index in [9.17, 15) is 9.90 Å². The van der Waals surface area contributed by atoms with Gasteiger partial charge in [-0.2, -0.15) is 0 Å². The number of carbonyl (C=O) groups excluding carboxylic acids is 1. The van der Waals surface area contributed by atoms with Gasteiger partial charge < -0.3 is 20.6 Å². The first-order valence-electron chi connectivity index (χ1n) is 9.66. The van der Waals surface area contributed by atoms with E-state index >= 15 is 0 Å². The Balaban J connectivity index is 0.00000182. The lowest BCUT2D eigenvalue weighted by Gasteiger charge is -2.33. The summed E-state index contributed by atoms with van der Waals surface area (Å²) in [6.45, 7) is 6.01. The molecule has 27 heavy (non-hydrogen) atoms. The van der Waals surface area contributed by atoms with Crippen molar-refractivity contribution in [1.82, 2.24) is 5.32 Å². The van der Waals surface area contributed by atoms with E-state index in [1.165, 1.54) is 12.8 Å². The molecule has 2 saturated heterocycles. The van der Waals surface area contributed by atoms with Crippen molar-refractivity contribution >= 4 is 42.1 Å². The molecule has 0 aliphatic carbocycles. The fourth-order valence-electron chi connectivity index (χ4n) is 4.04. The summed E-state index contributed by atoms with van der Waals surface area (Å²) in [6, 6.07) is 8.01. The van der Waals surface area contributed by atoms with Crippen molar-refractivity contribution in [3.05, 3.63) is 24.3 Å². The van der Waals surface area contributed by atoms with Crippen molar-refractivity contribution in [3.63, 3.8) is 0 Å². The summed E-state index contributed by atoms with van der Waals surface area (Å²) in [5.74, 6) is 1.17. The molecule has 2 heterocycles. The molecule has 0 radical (unpaired) electrons. The number of rotatable bonds is 5. The molecule has 1 aromatic rings. The zero-order valence-electron chi connectivity index (χ0n) is 16.0. The summed E-state index contributed by atoms with van der Waals surface area (Å²) < 4.78 is 0. The van der Waals surface area contributed by atoms with Gasteiger partial charge in [-0.15, -0.1) is 24.8 Å². The topological polar surface area (TPSA) is 64.6 Å². The molecule has 0 bridgehead atoms. The molecule has 0 saturated carbocycles. The average Bonchev–Trinajstić information content (AvgIpc) is 2.63. The molecular formula is C20H33Cl2N3O2. The number of carbonyl (C=O) groups is 1. The SMILES string of the molecule is CC(CC(=O)Nc1ccccc1N1CCC(O)CC1)C1CCNCC1.Cl.Cl. The molecule has 2 fully saturated rings. The van der Waals surface area contributed by atoms with E-state index in [-0.39, 0.29) is 36.8 Å². The number of para-hydroxylation sites is 2. The summed E-state index contributed by atoms with van der Waals surface area (Å²) in [4.78, 5) is 14.8. The number of hydrogen-bond donors (Lipinski definition) is 3. The number of piperidine rings is 2. The fourth-order valence-corrected chi connectivity index (χ4v) is 4.04. The number of aliphatic hydroxyl groups excluding tert-OH is 1. The minimum absolute atomic E-state index is 0. The Labute approximate surface area is 175 Å². The van der Waals surface area contributed by atoms with E-state index in [2.05, 4.69) is 28.5 Å². The molecule has 3 rings (SSSR count). The second-order valence-corrected chi connectivity index (χ2v) is 7.55. The van der Waals surface area contributed by atoms with Crippen LogP contribution in [0.25, 0.3) is 0 Å². The van der Waals surface area contributed by atoms with Crippen LogP contribution in [0, 0.1) is 11.8 Å². The summed E-state index contributed by atoms with van der Waals surface area (Å²) in [7, 11) is 0. The minimum atomic E-state index is -0.191. The van der Waals surface area contributed by atoms with E-state index in [0.717, 1.165) is 50.4 Å². The highest BCUT2D eigenvalue weighted by molar-refractivity contribution is 5.94. The molecule has 2 aliphatic heterocycles. The van der Waals surface area contributed by atoms with Crippen LogP contribution in [-0.4, -0.2) is 43.3 Å². The Bertz CT molecular complexity index is 574. The highest BCUT2D eigenvalue weighted by Gasteiger charge is 2.23. The third-order valence-corrected chi connectivity index (χ3v) is 5.68. The lowest BCUT2D eigenvalue weighted by atomic mass is 9.84. The Morgan fingerprint density at radius 2 is 1.81 bits per heavy atom. The van der Waals surface area contributed by atoms with Crippen LogP contribution in [0.2, 0.25) is 0 Å². The van der Waals surface area contributed by atoms with Crippen LogP contribution < -0.4 is 15.5 Å². The number of nitrogens with zero attached hydrogens (tertiary/aromatic N) is 1. The van der Waals surface area contributed by atoms with Gasteiger partial charge in [0.15, 0.2) is 0 Å². The van der Waals surface area contributed by atoms with E-state index in [4.69, 9.17) is 0 Å². The number of halogens is 2. The van der Waals surface area contributed by atoms with Gasteiger partial charge >= 0.3 is 0 Å². The second kappa shape index (κ2) is 11.7. The third kappa shape index (κ3) is 6.83. The van der Waals surface area contributed by atoms with Gasteiger partial charge in [-0.25, -0.2) is 0 Å². The van der Waals surface area contributed by atoms with Gasteiger partial charge in [-0.05, 0) is 62.7 Å². The van der Waals surface area contributed by atoms with Crippen molar-refractivity contribution in [2.45, 2.75) is 45.1 Å². The van der Waals surface area contributed by atoms with Crippen molar-refractivity contribution in [2.75, 3.05) is 36.4 Å². The van der Waals surface area contributed by atoms with Crippen LogP contribution in [-0.2, 0) is 4.79 Å². The molecule has 154 valence electrons. The van der Waals surface area contributed by atoms with Crippen LogP contribution in [0.3, 0.4) is 0 Å². The van der Waals surface area contributed by atoms with E-state index < -0.39 is 0 Å². The first-order chi connectivity index (χ1) is 12.1. The maximum atomic E-state index is 12.6. The summed E-state index contributed by atoms with van der Waals surface area (Å²) in [5, 5.41) is 16.2. The molecule has 1 unspecified atom stereocenters. The number of hydrogen-bond acceptors (Lipinski definition) is 4. The van der Waals surface area contributed by atoms with Gasteiger partial charge in [0.2, 0.25) is 5.91 Å². The number of nitrogens with one attached hydrogen (secondary N) is 2. The predicted molar refractivity (Wildman–Crippen MR) is 116 cm³/mol. The second-order valence-electron chi connectivity index (χ2n) is 7.55. The standard InChI is InChI=1S/C20H31N3O2.2ClH/c1-15(16-6-10-21-11-7-16)14-20(25)22-18-4-2-3-5-19(18)23-12-8-17(24)9-13-23;;/h2-5,15-17,21,24H,6-14H2,1H3,(H,22,25);2*1H. The molecule has 2 aliphatic rings. The van der Waals surface area contributed by atoms with Crippen LogP contribution in [0.5, 0.6) is 0 Å².